The Bertz CT molecular complexity index is 1130. The first-order chi connectivity index (χ1) is 14.8. The summed E-state index contributed by atoms with van der Waals surface area (Å²) in [5.74, 6) is 0.829. The molecular weight excluding hydrogens is 417 g/mol. The first-order valence-electron chi connectivity index (χ1n) is 10.5. The maximum absolute atomic E-state index is 13.7. The summed E-state index contributed by atoms with van der Waals surface area (Å²) in [7, 11) is -3.71. The Hall–Kier alpha value is -2.58. The van der Waals surface area contributed by atoms with E-state index in [2.05, 4.69) is 10.1 Å². The Morgan fingerprint density at radius 3 is 2.42 bits per heavy atom. The van der Waals surface area contributed by atoms with Crippen molar-refractivity contribution in [3.63, 3.8) is 0 Å². The smallest absolute Gasteiger partial charge is 0.243 e. The zero-order valence-electron chi connectivity index (χ0n) is 17.7. The largest absolute Gasteiger partial charge is 0.339 e. The minimum atomic E-state index is -3.71. The summed E-state index contributed by atoms with van der Waals surface area (Å²) in [6.45, 7) is 3.70. The van der Waals surface area contributed by atoms with Gasteiger partial charge in [-0.2, -0.15) is 9.29 Å². The van der Waals surface area contributed by atoms with Crippen LogP contribution in [0.15, 0.2) is 57.9 Å². The van der Waals surface area contributed by atoms with E-state index in [1.54, 1.807) is 35.5 Å². The molecule has 2 unspecified atom stereocenters. The SMILES string of the molecule is Cc1ccc(S(=O)(=O)N2C(CCCc3nc(C)no3)CCC2c2ccc(F)cc2)cc1. The molecule has 0 saturated carbocycles. The van der Waals surface area contributed by atoms with Gasteiger partial charge in [0, 0.05) is 12.5 Å². The molecule has 0 spiro atoms. The number of halogens is 1. The third kappa shape index (κ3) is 4.70. The van der Waals surface area contributed by atoms with Gasteiger partial charge in [0.25, 0.3) is 0 Å². The fraction of sp³-hybridized carbons (Fsp3) is 0.391. The zero-order chi connectivity index (χ0) is 22.0. The van der Waals surface area contributed by atoms with Crippen molar-refractivity contribution >= 4 is 10.0 Å². The lowest BCUT2D eigenvalue weighted by atomic mass is 10.0. The van der Waals surface area contributed by atoms with E-state index in [1.807, 2.05) is 19.1 Å². The zero-order valence-corrected chi connectivity index (χ0v) is 18.5. The van der Waals surface area contributed by atoms with Gasteiger partial charge in [-0.3, -0.25) is 0 Å². The quantitative estimate of drug-likeness (QED) is 0.527. The number of sulfonamides is 1. The summed E-state index contributed by atoms with van der Waals surface area (Å²) in [4.78, 5) is 4.51. The molecule has 1 aliphatic rings. The van der Waals surface area contributed by atoms with Crippen molar-refractivity contribution in [3.05, 3.63) is 77.2 Å². The van der Waals surface area contributed by atoms with Gasteiger partial charge in [0.05, 0.1) is 10.9 Å². The van der Waals surface area contributed by atoms with E-state index in [0.29, 0.717) is 31.0 Å². The highest BCUT2D eigenvalue weighted by Gasteiger charge is 2.42. The van der Waals surface area contributed by atoms with Crippen LogP contribution in [0.25, 0.3) is 0 Å². The molecular formula is C23H26FN3O3S. The molecule has 164 valence electrons. The molecule has 0 amide bonds. The van der Waals surface area contributed by atoms with Crippen LogP contribution >= 0.6 is 0 Å². The first kappa shape index (κ1) is 21.6. The molecule has 1 aromatic heterocycles. The molecule has 2 heterocycles. The average molecular weight is 444 g/mol. The van der Waals surface area contributed by atoms with Gasteiger partial charge < -0.3 is 4.52 Å². The van der Waals surface area contributed by atoms with Gasteiger partial charge in [-0.1, -0.05) is 35.0 Å². The van der Waals surface area contributed by atoms with Crippen molar-refractivity contribution in [2.24, 2.45) is 0 Å². The van der Waals surface area contributed by atoms with Crippen molar-refractivity contribution in [1.29, 1.82) is 0 Å². The summed E-state index contributed by atoms with van der Waals surface area (Å²) in [5.41, 5.74) is 1.81. The summed E-state index contributed by atoms with van der Waals surface area (Å²) >= 11 is 0. The average Bonchev–Trinajstić information content (AvgIpc) is 3.36. The van der Waals surface area contributed by atoms with Crippen LogP contribution in [0.1, 0.15) is 54.6 Å². The second-order valence-corrected chi connectivity index (χ2v) is 9.92. The molecule has 0 radical (unpaired) electrons. The molecule has 1 saturated heterocycles. The lowest BCUT2D eigenvalue weighted by Gasteiger charge is -2.30. The summed E-state index contributed by atoms with van der Waals surface area (Å²) < 4.78 is 47.6. The highest BCUT2D eigenvalue weighted by atomic mass is 32.2. The summed E-state index contributed by atoms with van der Waals surface area (Å²) in [6, 6.07) is 12.6. The summed E-state index contributed by atoms with van der Waals surface area (Å²) in [5, 5.41) is 3.80. The van der Waals surface area contributed by atoms with Crippen LogP contribution in [0.5, 0.6) is 0 Å². The number of rotatable bonds is 7. The summed E-state index contributed by atoms with van der Waals surface area (Å²) in [6.07, 6.45) is 3.47. The van der Waals surface area contributed by atoms with E-state index in [0.717, 1.165) is 24.0 Å². The van der Waals surface area contributed by atoms with Crippen LogP contribution in [0, 0.1) is 19.7 Å². The number of aromatic nitrogens is 2. The van der Waals surface area contributed by atoms with E-state index >= 15 is 0 Å². The number of hydrogen-bond donors (Lipinski definition) is 0. The Kier molecular flexibility index (Phi) is 6.20. The number of nitrogens with zero attached hydrogens (tertiary/aromatic N) is 3. The van der Waals surface area contributed by atoms with E-state index in [-0.39, 0.29) is 22.8 Å². The maximum Gasteiger partial charge on any atom is 0.243 e. The van der Waals surface area contributed by atoms with Crippen molar-refractivity contribution < 1.29 is 17.3 Å². The van der Waals surface area contributed by atoms with E-state index < -0.39 is 10.0 Å². The second-order valence-electron chi connectivity index (χ2n) is 8.07. The second kappa shape index (κ2) is 8.88. The fourth-order valence-corrected chi connectivity index (χ4v) is 6.14. The van der Waals surface area contributed by atoms with Crippen molar-refractivity contribution in [3.8, 4) is 0 Å². The number of hydrogen-bond acceptors (Lipinski definition) is 5. The van der Waals surface area contributed by atoms with Gasteiger partial charge in [-0.05, 0) is 69.4 Å². The van der Waals surface area contributed by atoms with Gasteiger partial charge in [0.15, 0.2) is 5.82 Å². The molecule has 1 aliphatic heterocycles. The van der Waals surface area contributed by atoms with Crippen molar-refractivity contribution in [2.75, 3.05) is 0 Å². The fourth-order valence-electron chi connectivity index (χ4n) is 4.26. The monoisotopic (exact) mass is 443 g/mol. The van der Waals surface area contributed by atoms with E-state index in [4.69, 9.17) is 4.52 Å². The molecule has 2 aromatic carbocycles. The van der Waals surface area contributed by atoms with Crippen LogP contribution in [-0.2, 0) is 16.4 Å². The highest BCUT2D eigenvalue weighted by Crippen LogP contribution is 2.42. The molecule has 0 N–H and O–H groups in total. The Labute approximate surface area is 182 Å². The van der Waals surface area contributed by atoms with Gasteiger partial charge >= 0.3 is 0 Å². The maximum atomic E-state index is 13.7. The normalized spacial score (nSPS) is 19.7. The minimum Gasteiger partial charge on any atom is -0.339 e. The third-order valence-electron chi connectivity index (χ3n) is 5.79. The van der Waals surface area contributed by atoms with Crippen molar-refractivity contribution in [1.82, 2.24) is 14.4 Å². The predicted octanol–water partition coefficient (Wildman–Crippen LogP) is 4.74. The lowest BCUT2D eigenvalue weighted by molar-refractivity contribution is 0.304. The third-order valence-corrected chi connectivity index (χ3v) is 7.76. The highest BCUT2D eigenvalue weighted by molar-refractivity contribution is 7.89. The van der Waals surface area contributed by atoms with Crippen LogP contribution in [-0.4, -0.2) is 28.9 Å². The number of aryl methyl sites for hydroxylation is 3. The molecule has 4 rings (SSSR count). The van der Waals surface area contributed by atoms with E-state index in [1.165, 1.54) is 12.1 Å². The van der Waals surface area contributed by atoms with Gasteiger partial charge in [-0.25, -0.2) is 12.8 Å². The van der Waals surface area contributed by atoms with Crippen LogP contribution in [0.3, 0.4) is 0 Å². The van der Waals surface area contributed by atoms with Gasteiger partial charge in [0.2, 0.25) is 15.9 Å². The molecule has 0 bridgehead atoms. The molecule has 31 heavy (non-hydrogen) atoms. The molecule has 6 nitrogen and oxygen atoms in total. The number of benzene rings is 2. The topological polar surface area (TPSA) is 76.3 Å². The van der Waals surface area contributed by atoms with Crippen molar-refractivity contribution in [2.45, 2.75) is 62.9 Å². The molecule has 0 aliphatic carbocycles. The molecule has 3 aromatic rings. The first-order valence-corrected chi connectivity index (χ1v) is 11.9. The van der Waals surface area contributed by atoms with Crippen LogP contribution in [0.4, 0.5) is 4.39 Å². The van der Waals surface area contributed by atoms with Crippen LogP contribution < -0.4 is 0 Å². The van der Waals surface area contributed by atoms with E-state index in [9.17, 15) is 12.8 Å². The Morgan fingerprint density at radius 2 is 1.77 bits per heavy atom. The predicted molar refractivity (Wildman–Crippen MR) is 114 cm³/mol. The molecule has 8 heteroatoms. The van der Waals surface area contributed by atoms with Gasteiger partial charge in [-0.15, -0.1) is 0 Å². The van der Waals surface area contributed by atoms with Gasteiger partial charge in [0.1, 0.15) is 5.82 Å². The standard InChI is InChI=1S/C23H26FN3O3S/c1-16-6-13-21(14-7-16)31(28,29)27-20(4-3-5-23-25-17(2)26-30-23)12-15-22(27)18-8-10-19(24)11-9-18/h6-11,13-14,20,22H,3-5,12,15H2,1-2H3. The van der Waals surface area contributed by atoms with Crippen LogP contribution in [0.2, 0.25) is 0 Å². The lowest BCUT2D eigenvalue weighted by Crippen LogP contribution is -2.37. The molecule has 1 fully saturated rings. The Balaban J connectivity index is 1.60. The molecule has 2 atom stereocenters. The minimum absolute atomic E-state index is 0.148. The Morgan fingerprint density at radius 1 is 1.06 bits per heavy atom.